The molecule has 2 aliphatic heterocycles. The first-order valence-electron chi connectivity index (χ1n) is 11.3. The van der Waals surface area contributed by atoms with Crippen LogP contribution in [-0.2, 0) is 32.9 Å². The van der Waals surface area contributed by atoms with Crippen molar-refractivity contribution < 1.29 is 63.3 Å². The monoisotopic (exact) mass is 545 g/mol. The summed E-state index contributed by atoms with van der Waals surface area (Å²) in [6.45, 7) is 0.984. The SMILES string of the molecule is CC(=O)N[C@@H]1[C@@H](OCCN)O[C@H](COP(=O)(O)C[C@H]2O[C@H](CO)[C@@H](O)[C@H](O)[C@@H]2NC(C)=O)[C@@H](O)[C@@H]1O. The number of aliphatic hydroxyl groups excluding tert-OH is 5. The van der Waals surface area contributed by atoms with Crippen LogP contribution in [0, 0.1) is 0 Å². The molecule has 0 saturated carbocycles. The van der Waals surface area contributed by atoms with Gasteiger partial charge < -0.3 is 65.5 Å². The molecule has 2 aliphatic rings. The maximum atomic E-state index is 12.8. The zero-order valence-electron chi connectivity index (χ0n) is 19.9. The van der Waals surface area contributed by atoms with E-state index in [1.54, 1.807) is 0 Å². The van der Waals surface area contributed by atoms with E-state index in [4.69, 9.17) is 24.5 Å². The molecule has 2 fully saturated rings. The van der Waals surface area contributed by atoms with Gasteiger partial charge in [0.2, 0.25) is 11.8 Å². The van der Waals surface area contributed by atoms with Gasteiger partial charge in [-0.2, -0.15) is 0 Å². The van der Waals surface area contributed by atoms with E-state index in [1.165, 1.54) is 6.92 Å². The molecular formula is C19H36N3O13P. The average Bonchev–Trinajstić information content (AvgIpc) is 2.80. The van der Waals surface area contributed by atoms with Crippen LogP contribution in [0.15, 0.2) is 0 Å². The Balaban J connectivity index is 2.10. The van der Waals surface area contributed by atoms with E-state index in [0.717, 1.165) is 6.92 Å². The Bertz CT molecular complexity index is 792. The van der Waals surface area contributed by atoms with Crippen LogP contribution in [-0.4, -0.2) is 136 Å². The molecular weight excluding hydrogens is 509 g/mol. The summed E-state index contributed by atoms with van der Waals surface area (Å²) in [5.74, 6) is -1.14. The van der Waals surface area contributed by atoms with Gasteiger partial charge >= 0.3 is 7.60 Å². The standard InChI is InChI=1S/C19H36N3O13P/c1-8(24)21-13-12(34-10(5-23)15(26)17(13)28)7-36(30,31)33-6-11-16(27)18(29)14(22-9(2)25)19(35-11)32-4-3-20/h10-19,23,26-29H,3-7,20H2,1-2H3,(H,21,24)(H,22,25)(H,30,31)/t10-,11-,12-,13-,14+,15-,16-,17-,18-,19+/m1/s1. The highest BCUT2D eigenvalue weighted by molar-refractivity contribution is 7.52. The lowest BCUT2D eigenvalue weighted by Crippen LogP contribution is -2.65. The Morgan fingerprint density at radius 3 is 2.03 bits per heavy atom. The minimum Gasteiger partial charge on any atom is -0.394 e. The molecule has 2 saturated heterocycles. The van der Waals surface area contributed by atoms with E-state index in [9.17, 15) is 44.6 Å². The summed E-state index contributed by atoms with van der Waals surface area (Å²) in [4.78, 5) is 33.4. The van der Waals surface area contributed by atoms with Crippen LogP contribution >= 0.6 is 7.60 Å². The van der Waals surface area contributed by atoms with Crippen LogP contribution in [0.1, 0.15) is 13.8 Å². The van der Waals surface area contributed by atoms with Crippen molar-refractivity contribution in [1.82, 2.24) is 10.6 Å². The van der Waals surface area contributed by atoms with Crippen molar-refractivity contribution in [2.75, 3.05) is 32.5 Å². The lowest BCUT2D eigenvalue weighted by Gasteiger charge is -2.43. The predicted octanol–water partition coefficient (Wildman–Crippen LogP) is -4.90. The van der Waals surface area contributed by atoms with Gasteiger partial charge in [0.1, 0.15) is 42.7 Å². The molecule has 0 aliphatic carbocycles. The van der Waals surface area contributed by atoms with Crippen molar-refractivity contribution in [3.8, 4) is 0 Å². The normalized spacial score (nSPS) is 38.7. The van der Waals surface area contributed by atoms with Crippen molar-refractivity contribution in [3.05, 3.63) is 0 Å². The van der Waals surface area contributed by atoms with Crippen molar-refractivity contribution in [2.45, 2.75) is 74.9 Å². The second-order valence-corrected chi connectivity index (χ2v) is 10.5. The second kappa shape index (κ2) is 13.5. The van der Waals surface area contributed by atoms with E-state index in [2.05, 4.69) is 10.6 Å². The maximum absolute atomic E-state index is 12.8. The molecule has 0 aromatic heterocycles. The number of carbonyl (C=O) groups is 2. The third-order valence-corrected chi connectivity index (χ3v) is 7.09. The second-order valence-electron chi connectivity index (χ2n) is 8.63. The number of carbonyl (C=O) groups excluding carboxylic acids is 2. The first kappa shape index (κ1) is 31.0. The van der Waals surface area contributed by atoms with Gasteiger partial charge in [0.25, 0.3) is 0 Å². The minimum atomic E-state index is -4.57. The Labute approximate surface area is 207 Å². The molecule has 1 unspecified atom stereocenters. The Kier molecular flexibility index (Phi) is 11.6. The van der Waals surface area contributed by atoms with E-state index in [0.29, 0.717) is 0 Å². The van der Waals surface area contributed by atoms with Gasteiger partial charge in [-0.05, 0) is 0 Å². The first-order chi connectivity index (χ1) is 16.8. The van der Waals surface area contributed by atoms with E-state index in [1.807, 2.05) is 0 Å². The van der Waals surface area contributed by atoms with Crippen LogP contribution in [0.3, 0.4) is 0 Å². The molecule has 36 heavy (non-hydrogen) atoms. The highest BCUT2D eigenvalue weighted by Gasteiger charge is 2.49. The van der Waals surface area contributed by atoms with E-state index < -0.39 is 99.9 Å². The first-order valence-corrected chi connectivity index (χ1v) is 13.0. The van der Waals surface area contributed by atoms with Crippen molar-refractivity contribution in [3.63, 3.8) is 0 Å². The third-order valence-electron chi connectivity index (χ3n) is 5.72. The summed E-state index contributed by atoms with van der Waals surface area (Å²) in [5.41, 5.74) is 5.41. The van der Waals surface area contributed by atoms with Crippen LogP contribution in [0.5, 0.6) is 0 Å². The third kappa shape index (κ3) is 8.11. The molecule has 210 valence electrons. The summed E-state index contributed by atoms with van der Waals surface area (Å²) in [7, 11) is -4.57. The molecule has 2 rings (SSSR count). The molecule has 11 atom stereocenters. The van der Waals surface area contributed by atoms with Gasteiger partial charge in [-0.3, -0.25) is 14.2 Å². The van der Waals surface area contributed by atoms with Crippen molar-refractivity contribution in [1.29, 1.82) is 0 Å². The fourth-order valence-electron chi connectivity index (χ4n) is 4.02. The number of rotatable bonds is 11. The van der Waals surface area contributed by atoms with Crippen molar-refractivity contribution in [2.24, 2.45) is 5.73 Å². The van der Waals surface area contributed by atoms with Gasteiger partial charge in [0, 0.05) is 20.4 Å². The summed E-state index contributed by atoms with van der Waals surface area (Å²) in [6.07, 6.45) is -12.4. The molecule has 17 heteroatoms. The Morgan fingerprint density at radius 1 is 0.917 bits per heavy atom. The zero-order valence-corrected chi connectivity index (χ0v) is 20.8. The predicted molar refractivity (Wildman–Crippen MR) is 119 cm³/mol. The van der Waals surface area contributed by atoms with Gasteiger partial charge in [0.05, 0.1) is 38.1 Å². The maximum Gasteiger partial charge on any atom is 0.330 e. The fraction of sp³-hybridized carbons (Fsp3) is 0.895. The molecule has 0 spiro atoms. The Hall–Kier alpha value is -1.27. The molecule has 10 N–H and O–H groups in total. The topological polar surface area (TPSA) is 260 Å². The highest BCUT2D eigenvalue weighted by Crippen LogP contribution is 2.45. The minimum absolute atomic E-state index is 0.0145. The molecule has 0 bridgehead atoms. The molecule has 0 radical (unpaired) electrons. The number of hydrogen-bond acceptors (Lipinski definition) is 13. The van der Waals surface area contributed by atoms with Gasteiger partial charge in [-0.25, -0.2) is 0 Å². The number of aliphatic hydroxyl groups is 5. The summed E-state index contributed by atoms with van der Waals surface area (Å²) in [6, 6.07) is -2.45. The fourth-order valence-corrected chi connectivity index (χ4v) is 5.27. The smallest absolute Gasteiger partial charge is 0.330 e. The van der Waals surface area contributed by atoms with Crippen LogP contribution in [0.25, 0.3) is 0 Å². The zero-order chi connectivity index (χ0) is 27.2. The van der Waals surface area contributed by atoms with Crippen LogP contribution < -0.4 is 16.4 Å². The number of nitrogens with one attached hydrogen (secondary N) is 2. The molecule has 16 nitrogen and oxygen atoms in total. The summed E-state index contributed by atoms with van der Waals surface area (Å²) >= 11 is 0. The van der Waals surface area contributed by atoms with Crippen molar-refractivity contribution >= 4 is 19.4 Å². The summed E-state index contributed by atoms with van der Waals surface area (Å²) < 4.78 is 34.3. The van der Waals surface area contributed by atoms with Gasteiger partial charge in [0.15, 0.2) is 6.29 Å². The highest BCUT2D eigenvalue weighted by atomic mass is 31.2. The quantitative estimate of drug-likeness (QED) is 0.110. The number of amides is 2. The molecule has 0 aromatic rings. The summed E-state index contributed by atoms with van der Waals surface area (Å²) in [5, 5.41) is 55.4. The lowest BCUT2D eigenvalue weighted by molar-refractivity contribution is -0.268. The van der Waals surface area contributed by atoms with Crippen LogP contribution in [0.4, 0.5) is 0 Å². The number of hydrogen-bond donors (Lipinski definition) is 9. The number of ether oxygens (including phenoxy) is 3. The lowest BCUT2D eigenvalue weighted by atomic mass is 9.93. The van der Waals surface area contributed by atoms with Gasteiger partial charge in [-0.1, -0.05) is 0 Å². The van der Waals surface area contributed by atoms with E-state index >= 15 is 0 Å². The Morgan fingerprint density at radius 2 is 1.47 bits per heavy atom. The van der Waals surface area contributed by atoms with E-state index in [-0.39, 0.29) is 13.2 Å². The molecule has 2 heterocycles. The number of nitrogens with two attached hydrogens (primary N) is 1. The molecule has 2 amide bonds. The average molecular weight is 545 g/mol. The van der Waals surface area contributed by atoms with Crippen LogP contribution in [0.2, 0.25) is 0 Å². The molecule has 0 aromatic carbocycles. The largest absolute Gasteiger partial charge is 0.394 e. The van der Waals surface area contributed by atoms with Gasteiger partial charge in [-0.15, -0.1) is 0 Å².